The van der Waals surface area contributed by atoms with E-state index >= 15 is 0 Å². The molecule has 0 aliphatic heterocycles. The maximum absolute atomic E-state index is 11.9. The van der Waals surface area contributed by atoms with Gasteiger partial charge in [0, 0.05) is 12.5 Å². The van der Waals surface area contributed by atoms with Gasteiger partial charge < -0.3 is 15.2 Å². The van der Waals surface area contributed by atoms with Gasteiger partial charge in [-0.2, -0.15) is 0 Å². The molecule has 0 saturated heterocycles. The molecule has 0 saturated carbocycles. The molecule has 4 nitrogen and oxygen atoms in total. The summed E-state index contributed by atoms with van der Waals surface area (Å²) < 4.78 is 5.43. The summed E-state index contributed by atoms with van der Waals surface area (Å²) in [6, 6.07) is 16.5. The first-order chi connectivity index (χ1) is 11.7. The highest BCUT2D eigenvalue weighted by Gasteiger charge is 2.28. The number of aliphatic hydroxyl groups excluding tert-OH is 1. The van der Waals surface area contributed by atoms with E-state index in [0.717, 1.165) is 6.42 Å². The van der Waals surface area contributed by atoms with Crippen molar-refractivity contribution >= 4 is 6.09 Å². The number of ether oxygens (including phenoxy) is 1. The number of hydrogen-bond donors (Lipinski definition) is 2. The third-order valence-electron chi connectivity index (χ3n) is 4.41. The molecule has 126 valence electrons. The van der Waals surface area contributed by atoms with Crippen molar-refractivity contribution in [1.29, 1.82) is 0 Å². The summed E-state index contributed by atoms with van der Waals surface area (Å²) in [6.45, 7) is 2.59. The predicted molar refractivity (Wildman–Crippen MR) is 94.0 cm³/mol. The monoisotopic (exact) mass is 325 g/mol. The van der Waals surface area contributed by atoms with Crippen LogP contribution >= 0.6 is 0 Å². The lowest BCUT2D eigenvalue weighted by Gasteiger charge is -2.14. The highest BCUT2D eigenvalue weighted by Crippen LogP contribution is 2.44. The first kappa shape index (κ1) is 16.5. The molecule has 0 radical (unpaired) electrons. The summed E-state index contributed by atoms with van der Waals surface area (Å²) in [4.78, 5) is 11.9. The smallest absolute Gasteiger partial charge is 0.407 e. The van der Waals surface area contributed by atoms with Gasteiger partial charge in [0.15, 0.2) is 0 Å². The van der Waals surface area contributed by atoms with E-state index in [1.54, 1.807) is 6.92 Å². The van der Waals surface area contributed by atoms with Crippen LogP contribution in [0.3, 0.4) is 0 Å². The van der Waals surface area contributed by atoms with E-state index < -0.39 is 6.09 Å². The number of carbonyl (C=O) groups excluding carboxylic acids is 1. The Labute approximate surface area is 142 Å². The first-order valence-corrected chi connectivity index (χ1v) is 8.43. The third-order valence-corrected chi connectivity index (χ3v) is 4.41. The van der Waals surface area contributed by atoms with Crippen LogP contribution < -0.4 is 5.32 Å². The lowest BCUT2D eigenvalue weighted by Crippen LogP contribution is -2.27. The predicted octanol–water partition coefficient (Wildman–Crippen LogP) is 3.69. The zero-order chi connectivity index (χ0) is 16.9. The summed E-state index contributed by atoms with van der Waals surface area (Å²) in [6.07, 6.45) is 0.669. The third kappa shape index (κ3) is 3.60. The summed E-state index contributed by atoms with van der Waals surface area (Å²) >= 11 is 0. The Balaban J connectivity index is 1.60. The van der Waals surface area contributed by atoms with E-state index in [1.807, 2.05) is 24.3 Å². The van der Waals surface area contributed by atoms with Crippen LogP contribution in [-0.2, 0) is 4.74 Å². The van der Waals surface area contributed by atoms with E-state index in [-0.39, 0.29) is 12.0 Å². The van der Waals surface area contributed by atoms with Crippen LogP contribution in [0, 0.1) is 0 Å². The molecular formula is C20H23NO3. The summed E-state index contributed by atoms with van der Waals surface area (Å²) in [5.74, 6) is 0.0839. The normalized spacial score (nSPS) is 13.9. The van der Waals surface area contributed by atoms with E-state index in [0.29, 0.717) is 19.6 Å². The van der Waals surface area contributed by atoms with Crippen LogP contribution in [0.25, 0.3) is 11.1 Å². The van der Waals surface area contributed by atoms with Gasteiger partial charge in [-0.05, 0) is 42.0 Å². The molecule has 1 aliphatic carbocycles. The quantitative estimate of drug-likeness (QED) is 0.797. The molecule has 1 unspecified atom stereocenters. The minimum Gasteiger partial charge on any atom is -0.449 e. The lowest BCUT2D eigenvalue weighted by atomic mass is 9.98. The Kier molecular flexibility index (Phi) is 5.16. The molecule has 1 aliphatic rings. The zero-order valence-electron chi connectivity index (χ0n) is 13.9. The van der Waals surface area contributed by atoms with Gasteiger partial charge >= 0.3 is 6.09 Å². The Morgan fingerprint density at radius 1 is 1.12 bits per heavy atom. The fraction of sp³-hybridized carbons (Fsp3) is 0.350. The number of benzene rings is 2. The van der Waals surface area contributed by atoms with E-state index in [2.05, 4.69) is 29.6 Å². The van der Waals surface area contributed by atoms with Crippen molar-refractivity contribution in [3.63, 3.8) is 0 Å². The standard InChI is InChI=1S/C20H23NO3/c1-14(22)7-6-12-21-20(23)24-13-19-17-10-4-2-8-15(17)16-9-3-5-11-18(16)19/h2-5,8-11,14,19,22H,6-7,12-13H2,1H3,(H,21,23). The van der Waals surface area contributed by atoms with Gasteiger partial charge in [0.1, 0.15) is 6.61 Å². The highest BCUT2D eigenvalue weighted by molar-refractivity contribution is 5.79. The second-order valence-electron chi connectivity index (χ2n) is 6.24. The number of rotatable bonds is 6. The van der Waals surface area contributed by atoms with E-state index in [4.69, 9.17) is 4.74 Å². The average Bonchev–Trinajstić information content (AvgIpc) is 2.91. The van der Waals surface area contributed by atoms with Crippen LogP contribution in [0.4, 0.5) is 4.79 Å². The summed E-state index contributed by atoms with van der Waals surface area (Å²) in [5.41, 5.74) is 4.86. The van der Waals surface area contributed by atoms with Gasteiger partial charge in [-0.1, -0.05) is 48.5 Å². The Morgan fingerprint density at radius 2 is 1.71 bits per heavy atom. The number of carbonyl (C=O) groups is 1. The molecule has 0 spiro atoms. The minimum atomic E-state index is -0.401. The molecular weight excluding hydrogens is 302 g/mol. The Morgan fingerprint density at radius 3 is 2.29 bits per heavy atom. The molecule has 3 rings (SSSR count). The van der Waals surface area contributed by atoms with Gasteiger partial charge in [-0.25, -0.2) is 4.79 Å². The summed E-state index contributed by atoms with van der Waals surface area (Å²) in [7, 11) is 0. The molecule has 2 aromatic carbocycles. The van der Waals surface area contributed by atoms with E-state index in [9.17, 15) is 9.90 Å². The number of nitrogens with one attached hydrogen (secondary N) is 1. The van der Waals surface area contributed by atoms with Crippen molar-refractivity contribution in [2.45, 2.75) is 31.8 Å². The van der Waals surface area contributed by atoms with Crippen molar-refractivity contribution in [3.05, 3.63) is 59.7 Å². The van der Waals surface area contributed by atoms with Crippen molar-refractivity contribution in [2.24, 2.45) is 0 Å². The van der Waals surface area contributed by atoms with Crippen molar-refractivity contribution in [3.8, 4) is 11.1 Å². The number of amides is 1. The zero-order valence-corrected chi connectivity index (χ0v) is 13.9. The van der Waals surface area contributed by atoms with E-state index in [1.165, 1.54) is 22.3 Å². The van der Waals surface area contributed by atoms with Gasteiger partial charge in [0.05, 0.1) is 6.10 Å². The van der Waals surface area contributed by atoms with Crippen LogP contribution in [-0.4, -0.2) is 30.5 Å². The molecule has 1 atom stereocenters. The second-order valence-corrected chi connectivity index (χ2v) is 6.24. The number of fused-ring (bicyclic) bond motifs is 3. The minimum absolute atomic E-state index is 0.0839. The number of hydrogen-bond acceptors (Lipinski definition) is 3. The van der Waals surface area contributed by atoms with Crippen molar-refractivity contribution < 1.29 is 14.6 Å². The van der Waals surface area contributed by atoms with Gasteiger partial charge in [0.25, 0.3) is 0 Å². The average molecular weight is 325 g/mol. The fourth-order valence-corrected chi connectivity index (χ4v) is 3.24. The van der Waals surface area contributed by atoms with Crippen LogP contribution in [0.2, 0.25) is 0 Å². The molecule has 0 aromatic heterocycles. The maximum Gasteiger partial charge on any atom is 0.407 e. The topological polar surface area (TPSA) is 58.6 Å². The largest absolute Gasteiger partial charge is 0.449 e. The number of alkyl carbamates (subject to hydrolysis) is 1. The van der Waals surface area contributed by atoms with Crippen LogP contribution in [0.5, 0.6) is 0 Å². The molecule has 0 bridgehead atoms. The molecule has 1 amide bonds. The molecule has 24 heavy (non-hydrogen) atoms. The van der Waals surface area contributed by atoms with Crippen LogP contribution in [0.15, 0.2) is 48.5 Å². The Hall–Kier alpha value is -2.33. The van der Waals surface area contributed by atoms with Crippen molar-refractivity contribution in [1.82, 2.24) is 5.32 Å². The molecule has 4 heteroatoms. The summed E-state index contributed by atoms with van der Waals surface area (Å²) in [5, 5.41) is 11.9. The molecule has 2 aromatic rings. The van der Waals surface area contributed by atoms with Gasteiger partial charge in [0.2, 0.25) is 0 Å². The molecule has 2 N–H and O–H groups in total. The van der Waals surface area contributed by atoms with Gasteiger partial charge in [-0.3, -0.25) is 0 Å². The first-order valence-electron chi connectivity index (χ1n) is 8.43. The SMILES string of the molecule is CC(O)CCCNC(=O)OCC1c2ccccc2-c2ccccc21. The molecule has 0 heterocycles. The Bertz CT molecular complexity index is 666. The second kappa shape index (κ2) is 7.49. The van der Waals surface area contributed by atoms with Gasteiger partial charge in [-0.15, -0.1) is 0 Å². The van der Waals surface area contributed by atoms with Crippen LogP contribution in [0.1, 0.15) is 36.8 Å². The highest BCUT2D eigenvalue weighted by atomic mass is 16.5. The number of aliphatic hydroxyl groups is 1. The maximum atomic E-state index is 11.9. The lowest BCUT2D eigenvalue weighted by molar-refractivity contribution is 0.141. The fourth-order valence-electron chi connectivity index (χ4n) is 3.24. The molecule has 0 fully saturated rings. The van der Waals surface area contributed by atoms with Crippen molar-refractivity contribution in [2.75, 3.05) is 13.2 Å².